The second-order valence-electron chi connectivity index (χ2n) is 9.92. The number of sulfone groups is 2. The van der Waals surface area contributed by atoms with Crippen LogP contribution in [0.5, 0.6) is 0 Å². The molecule has 3 aromatic rings. The Balaban J connectivity index is 2.00. The summed E-state index contributed by atoms with van der Waals surface area (Å²) in [6.45, 7) is 3.91. The fraction of sp³-hybridized carbons (Fsp3) is 0.310. The molecule has 0 radical (unpaired) electrons. The van der Waals surface area contributed by atoms with Gasteiger partial charge in [0.2, 0.25) is 5.91 Å². The Morgan fingerprint density at radius 1 is 0.769 bits per heavy atom. The number of amides is 1. The Hall–Kier alpha value is -3.52. The van der Waals surface area contributed by atoms with E-state index in [9.17, 15) is 21.6 Å². The van der Waals surface area contributed by atoms with E-state index in [0.29, 0.717) is 6.42 Å². The molecule has 0 saturated heterocycles. The van der Waals surface area contributed by atoms with Crippen molar-refractivity contribution in [3.8, 4) is 17.2 Å². The van der Waals surface area contributed by atoms with Gasteiger partial charge in [0.05, 0.1) is 27.9 Å². The van der Waals surface area contributed by atoms with Crippen LogP contribution in [0.2, 0.25) is 0 Å². The maximum atomic E-state index is 12.9. The SMILES string of the molecule is CC(C)C[C@H](NC(c1ccc(-c2ccc(S(C)(=O)=O)cc2)cc1)c1ccc(S(C)(=O)=O)cc1)C(=O)NCC#N. The summed E-state index contributed by atoms with van der Waals surface area (Å²) in [5.74, 6) is -0.0912. The van der Waals surface area contributed by atoms with Crippen molar-refractivity contribution in [1.29, 1.82) is 5.26 Å². The molecule has 3 rings (SSSR count). The first-order chi connectivity index (χ1) is 18.3. The lowest BCUT2D eigenvalue weighted by Gasteiger charge is -2.27. The van der Waals surface area contributed by atoms with Gasteiger partial charge in [-0.3, -0.25) is 10.1 Å². The first kappa shape index (κ1) is 30.0. The first-order valence-corrected chi connectivity index (χ1v) is 16.2. The van der Waals surface area contributed by atoms with Crippen LogP contribution in [0.25, 0.3) is 11.1 Å². The van der Waals surface area contributed by atoms with Gasteiger partial charge in [-0.05, 0) is 58.9 Å². The molecule has 0 aromatic heterocycles. The molecule has 0 aliphatic rings. The predicted molar refractivity (Wildman–Crippen MR) is 151 cm³/mol. The van der Waals surface area contributed by atoms with Crippen molar-refractivity contribution in [2.75, 3.05) is 19.1 Å². The van der Waals surface area contributed by atoms with Crippen molar-refractivity contribution in [3.63, 3.8) is 0 Å². The van der Waals surface area contributed by atoms with Crippen LogP contribution < -0.4 is 10.6 Å². The highest BCUT2D eigenvalue weighted by Gasteiger charge is 2.25. The molecule has 2 atom stereocenters. The second kappa shape index (κ2) is 12.6. The largest absolute Gasteiger partial charge is 0.342 e. The molecule has 0 heterocycles. The third-order valence-corrected chi connectivity index (χ3v) is 8.49. The Morgan fingerprint density at radius 2 is 1.18 bits per heavy atom. The molecule has 0 aliphatic carbocycles. The smallest absolute Gasteiger partial charge is 0.237 e. The summed E-state index contributed by atoms with van der Waals surface area (Å²) in [4.78, 5) is 13.4. The van der Waals surface area contributed by atoms with Gasteiger partial charge in [0, 0.05) is 12.5 Å². The second-order valence-corrected chi connectivity index (χ2v) is 13.9. The van der Waals surface area contributed by atoms with E-state index >= 15 is 0 Å². The first-order valence-electron chi connectivity index (χ1n) is 12.4. The number of hydrogen-bond acceptors (Lipinski definition) is 7. The minimum atomic E-state index is -3.37. The van der Waals surface area contributed by atoms with E-state index in [1.165, 1.54) is 6.26 Å². The molecule has 0 spiro atoms. The lowest BCUT2D eigenvalue weighted by atomic mass is 9.94. The number of hydrogen-bond donors (Lipinski definition) is 2. The van der Waals surface area contributed by atoms with Gasteiger partial charge < -0.3 is 5.32 Å². The van der Waals surface area contributed by atoms with Gasteiger partial charge in [-0.25, -0.2) is 16.8 Å². The maximum absolute atomic E-state index is 12.9. The third-order valence-electron chi connectivity index (χ3n) is 6.23. The van der Waals surface area contributed by atoms with Crippen LogP contribution in [-0.2, 0) is 24.5 Å². The van der Waals surface area contributed by atoms with Gasteiger partial charge in [-0.2, -0.15) is 5.26 Å². The summed E-state index contributed by atoms with van der Waals surface area (Å²) in [6.07, 6.45) is 2.84. The molecule has 8 nitrogen and oxygen atoms in total. The van der Waals surface area contributed by atoms with E-state index < -0.39 is 31.8 Å². The molecule has 0 aliphatic heterocycles. The summed E-state index contributed by atoms with van der Waals surface area (Å²) in [7, 11) is -6.67. The monoisotopic (exact) mass is 567 g/mol. The fourth-order valence-corrected chi connectivity index (χ4v) is 5.49. The van der Waals surface area contributed by atoms with E-state index in [-0.39, 0.29) is 28.2 Å². The molecule has 2 N–H and O–H groups in total. The van der Waals surface area contributed by atoms with Crippen LogP contribution in [0.1, 0.15) is 37.4 Å². The number of nitriles is 1. The van der Waals surface area contributed by atoms with E-state index in [0.717, 1.165) is 28.5 Å². The van der Waals surface area contributed by atoms with E-state index in [1.54, 1.807) is 48.5 Å². The highest BCUT2D eigenvalue weighted by molar-refractivity contribution is 7.91. The minimum Gasteiger partial charge on any atom is -0.342 e. The van der Waals surface area contributed by atoms with Gasteiger partial charge >= 0.3 is 0 Å². The normalized spacial score (nSPS) is 13.4. The van der Waals surface area contributed by atoms with Gasteiger partial charge in [0.15, 0.2) is 19.7 Å². The van der Waals surface area contributed by atoms with Crippen LogP contribution in [0.15, 0.2) is 82.6 Å². The molecular formula is C29H33N3O5S2. The van der Waals surface area contributed by atoms with Gasteiger partial charge in [-0.15, -0.1) is 0 Å². The highest BCUT2D eigenvalue weighted by Crippen LogP contribution is 2.28. The van der Waals surface area contributed by atoms with Crippen molar-refractivity contribution in [3.05, 3.63) is 83.9 Å². The van der Waals surface area contributed by atoms with Crippen molar-refractivity contribution >= 4 is 25.6 Å². The summed E-state index contributed by atoms with van der Waals surface area (Å²) in [6, 6.07) is 21.7. The molecular weight excluding hydrogens is 534 g/mol. The average molecular weight is 568 g/mol. The lowest BCUT2D eigenvalue weighted by molar-refractivity contribution is -0.123. The quantitative estimate of drug-likeness (QED) is 0.336. The maximum Gasteiger partial charge on any atom is 0.237 e. The number of benzene rings is 3. The summed E-state index contributed by atoms with van der Waals surface area (Å²) < 4.78 is 47.6. The molecule has 0 fully saturated rings. The molecule has 0 bridgehead atoms. The molecule has 1 unspecified atom stereocenters. The minimum absolute atomic E-state index is 0.102. The number of carbonyl (C=O) groups is 1. The average Bonchev–Trinajstić information content (AvgIpc) is 2.88. The molecule has 0 saturated carbocycles. The summed E-state index contributed by atoms with van der Waals surface area (Å²) in [5.41, 5.74) is 3.36. The molecule has 39 heavy (non-hydrogen) atoms. The predicted octanol–water partition coefficient (Wildman–Crippen LogP) is 3.89. The van der Waals surface area contributed by atoms with E-state index in [2.05, 4.69) is 10.6 Å². The highest BCUT2D eigenvalue weighted by atomic mass is 32.2. The summed E-state index contributed by atoms with van der Waals surface area (Å²) >= 11 is 0. The number of carbonyl (C=O) groups excluding carboxylic acids is 1. The van der Waals surface area contributed by atoms with Gasteiger partial charge in [-0.1, -0.05) is 62.4 Å². The van der Waals surface area contributed by atoms with Crippen LogP contribution in [0, 0.1) is 17.2 Å². The lowest BCUT2D eigenvalue weighted by Crippen LogP contribution is -2.46. The number of nitrogens with one attached hydrogen (secondary N) is 2. The number of rotatable bonds is 11. The fourth-order valence-electron chi connectivity index (χ4n) is 4.23. The Kier molecular flexibility index (Phi) is 9.67. The molecule has 1 amide bonds. The van der Waals surface area contributed by atoms with Crippen molar-refractivity contribution in [1.82, 2.24) is 10.6 Å². The number of nitrogens with zero attached hydrogens (tertiary/aromatic N) is 1. The Bertz CT molecular complexity index is 1540. The van der Waals surface area contributed by atoms with Crippen molar-refractivity contribution in [2.45, 2.75) is 42.1 Å². The van der Waals surface area contributed by atoms with Crippen LogP contribution in [-0.4, -0.2) is 47.8 Å². The van der Waals surface area contributed by atoms with Gasteiger partial charge in [0.1, 0.15) is 6.54 Å². The van der Waals surface area contributed by atoms with E-state index in [4.69, 9.17) is 5.26 Å². The Labute approximate surface area is 230 Å². The zero-order valence-electron chi connectivity index (χ0n) is 22.4. The van der Waals surface area contributed by atoms with Crippen molar-refractivity contribution in [2.24, 2.45) is 5.92 Å². The van der Waals surface area contributed by atoms with Crippen LogP contribution >= 0.6 is 0 Å². The molecule has 10 heteroatoms. The van der Waals surface area contributed by atoms with E-state index in [1.807, 2.05) is 44.2 Å². The van der Waals surface area contributed by atoms with Gasteiger partial charge in [0.25, 0.3) is 0 Å². The molecule has 3 aromatic carbocycles. The summed E-state index contributed by atoms with van der Waals surface area (Å²) in [5, 5.41) is 15.0. The molecule has 206 valence electrons. The standard InChI is InChI=1S/C29H33N3O5S2/c1-20(2)19-27(29(33)31-18-17-30)32-28(24-11-15-26(16-12-24)39(4,36)37)23-7-5-21(6-8-23)22-9-13-25(14-10-22)38(3,34)35/h5-16,20,27-28,32H,18-19H2,1-4H3,(H,31,33)/t27-,28?/m0/s1. The van der Waals surface area contributed by atoms with Crippen LogP contribution in [0.3, 0.4) is 0 Å². The van der Waals surface area contributed by atoms with Crippen LogP contribution in [0.4, 0.5) is 0 Å². The Morgan fingerprint density at radius 3 is 1.59 bits per heavy atom. The van der Waals surface area contributed by atoms with Crippen molar-refractivity contribution < 1.29 is 21.6 Å². The zero-order chi connectivity index (χ0) is 28.8. The third kappa shape index (κ3) is 8.23. The zero-order valence-corrected chi connectivity index (χ0v) is 24.0. The topological polar surface area (TPSA) is 133 Å².